The number of rotatable bonds is 3. The monoisotopic (exact) mass is 295 g/mol. The molecule has 3 nitrogen and oxygen atoms in total. The third-order valence-corrected chi connectivity index (χ3v) is 6.02. The average Bonchev–Trinajstić information content (AvgIpc) is 2.41. The molecule has 3 heteroatoms. The molecule has 0 bridgehead atoms. The van der Waals surface area contributed by atoms with E-state index in [1.807, 2.05) is 0 Å². The van der Waals surface area contributed by atoms with E-state index in [2.05, 4.69) is 56.9 Å². The van der Waals surface area contributed by atoms with Crippen LogP contribution in [0, 0.1) is 17.3 Å². The number of likely N-dealkylation sites (N-methyl/N-ethyl adjacent to an activating group) is 1. The first-order valence-corrected chi connectivity index (χ1v) is 8.91. The van der Waals surface area contributed by atoms with Crippen LogP contribution in [0.25, 0.3) is 0 Å². The smallest absolute Gasteiger partial charge is 0.0195 e. The van der Waals surface area contributed by atoms with E-state index in [1.54, 1.807) is 0 Å². The highest BCUT2D eigenvalue weighted by Crippen LogP contribution is 2.40. The first-order valence-electron chi connectivity index (χ1n) is 8.91. The van der Waals surface area contributed by atoms with Crippen LogP contribution in [0.15, 0.2) is 0 Å². The molecule has 2 rings (SSSR count). The van der Waals surface area contributed by atoms with Gasteiger partial charge >= 0.3 is 0 Å². The summed E-state index contributed by atoms with van der Waals surface area (Å²) in [7, 11) is 4.41. The third kappa shape index (κ3) is 4.43. The minimum atomic E-state index is 0.463. The molecule has 1 saturated heterocycles. The molecule has 0 radical (unpaired) electrons. The largest absolute Gasteiger partial charge is 0.317 e. The Hall–Kier alpha value is -0.120. The normalized spacial score (nSPS) is 36.9. The summed E-state index contributed by atoms with van der Waals surface area (Å²) < 4.78 is 0. The average molecular weight is 296 g/mol. The maximum absolute atomic E-state index is 3.60. The summed E-state index contributed by atoms with van der Waals surface area (Å²) in [6.07, 6.45) is 4.14. The molecule has 1 saturated carbocycles. The molecule has 0 amide bonds. The maximum Gasteiger partial charge on any atom is 0.0195 e. The molecule has 1 heterocycles. The van der Waals surface area contributed by atoms with Crippen molar-refractivity contribution < 1.29 is 0 Å². The topological polar surface area (TPSA) is 18.5 Å². The molecule has 0 spiro atoms. The van der Waals surface area contributed by atoms with Gasteiger partial charge in [-0.05, 0) is 57.5 Å². The van der Waals surface area contributed by atoms with Crippen molar-refractivity contribution >= 4 is 0 Å². The zero-order valence-corrected chi connectivity index (χ0v) is 15.2. The molecular weight excluding hydrogens is 258 g/mol. The first kappa shape index (κ1) is 17.2. The Labute approximate surface area is 132 Å². The second kappa shape index (κ2) is 6.97. The van der Waals surface area contributed by atoms with Crippen LogP contribution in [0.3, 0.4) is 0 Å². The van der Waals surface area contributed by atoms with Crippen LogP contribution >= 0.6 is 0 Å². The van der Waals surface area contributed by atoms with Gasteiger partial charge in [-0.25, -0.2) is 0 Å². The molecule has 124 valence electrons. The summed E-state index contributed by atoms with van der Waals surface area (Å²) in [6, 6.07) is 1.42. The summed E-state index contributed by atoms with van der Waals surface area (Å²) >= 11 is 0. The molecule has 4 unspecified atom stereocenters. The van der Waals surface area contributed by atoms with E-state index < -0.39 is 0 Å². The molecule has 1 N–H and O–H groups in total. The summed E-state index contributed by atoms with van der Waals surface area (Å²) in [5.41, 5.74) is 0.463. The van der Waals surface area contributed by atoms with Crippen LogP contribution in [0.5, 0.6) is 0 Å². The molecule has 1 aliphatic heterocycles. The van der Waals surface area contributed by atoms with Crippen LogP contribution in [0.2, 0.25) is 0 Å². The lowest BCUT2D eigenvalue weighted by molar-refractivity contribution is 0.0465. The van der Waals surface area contributed by atoms with E-state index >= 15 is 0 Å². The SMILES string of the molecule is CNC1CCC(C(C)(C)C)CC1CN1CCN(C)CC1C. The van der Waals surface area contributed by atoms with E-state index in [0.717, 1.165) is 17.9 Å². The van der Waals surface area contributed by atoms with Crippen molar-refractivity contribution in [2.45, 2.75) is 59.0 Å². The van der Waals surface area contributed by atoms with Crippen LogP contribution < -0.4 is 5.32 Å². The highest BCUT2D eigenvalue weighted by atomic mass is 15.3. The highest BCUT2D eigenvalue weighted by molar-refractivity contribution is 4.91. The molecule has 0 aromatic rings. The highest BCUT2D eigenvalue weighted by Gasteiger charge is 2.37. The van der Waals surface area contributed by atoms with Crippen molar-refractivity contribution in [3.63, 3.8) is 0 Å². The number of hydrogen-bond acceptors (Lipinski definition) is 3. The third-order valence-electron chi connectivity index (χ3n) is 6.02. The van der Waals surface area contributed by atoms with Gasteiger partial charge in [-0.1, -0.05) is 20.8 Å². The van der Waals surface area contributed by atoms with Gasteiger partial charge in [0, 0.05) is 38.3 Å². The summed E-state index contributed by atoms with van der Waals surface area (Å²) in [6.45, 7) is 14.6. The Bertz CT molecular complexity index is 323. The van der Waals surface area contributed by atoms with Gasteiger partial charge in [0.05, 0.1) is 0 Å². The molecular formula is C18H37N3. The van der Waals surface area contributed by atoms with Gasteiger partial charge in [0.1, 0.15) is 0 Å². The van der Waals surface area contributed by atoms with Gasteiger partial charge in [0.2, 0.25) is 0 Å². The Morgan fingerprint density at radius 1 is 1.14 bits per heavy atom. The standard InChI is InChI=1S/C18H37N3/c1-14-12-20(6)9-10-21(14)13-15-11-16(18(2,3)4)7-8-17(15)19-5/h14-17,19H,7-13H2,1-6H3. The Morgan fingerprint density at radius 3 is 2.43 bits per heavy atom. The van der Waals surface area contributed by atoms with Crippen molar-refractivity contribution in [3.8, 4) is 0 Å². The van der Waals surface area contributed by atoms with Crippen LogP contribution in [0.1, 0.15) is 47.0 Å². The maximum atomic E-state index is 3.60. The zero-order chi connectivity index (χ0) is 15.6. The Balaban J connectivity index is 1.97. The van der Waals surface area contributed by atoms with Crippen molar-refractivity contribution in [1.29, 1.82) is 0 Å². The quantitative estimate of drug-likeness (QED) is 0.863. The number of hydrogen-bond donors (Lipinski definition) is 1. The lowest BCUT2D eigenvalue weighted by Gasteiger charge is -2.46. The Kier molecular flexibility index (Phi) is 5.72. The molecule has 0 aromatic heterocycles. The molecule has 1 aliphatic carbocycles. The minimum Gasteiger partial charge on any atom is -0.317 e. The van der Waals surface area contributed by atoms with Gasteiger partial charge < -0.3 is 10.2 Å². The van der Waals surface area contributed by atoms with Gasteiger partial charge in [0.25, 0.3) is 0 Å². The summed E-state index contributed by atoms with van der Waals surface area (Å²) in [4.78, 5) is 5.20. The zero-order valence-electron chi connectivity index (χ0n) is 15.2. The number of nitrogens with zero attached hydrogens (tertiary/aromatic N) is 2. The van der Waals surface area contributed by atoms with Gasteiger partial charge in [-0.15, -0.1) is 0 Å². The van der Waals surface area contributed by atoms with Crippen molar-refractivity contribution in [1.82, 2.24) is 15.1 Å². The molecule has 21 heavy (non-hydrogen) atoms. The number of nitrogens with one attached hydrogen (secondary N) is 1. The van der Waals surface area contributed by atoms with E-state index in [0.29, 0.717) is 11.5 Å². The first-order chi connectivity index (χ1) is 9.81. The fourth-order valence-corrected chi connectivity index (χ4v) is 4.38. The number of piperazine rings is 1. The fraction of sp³-hybridized carbons (Fsp3) is 1.00. The lowest BCUT2D eigenvalue weighted by Crippen LogP contribution is -2.54. The van der Waals surface area contributed by atoms with E-state index in [-0.39, 0.29) is 0 Å². The van der Waals surface area contributed by atoms with E-state index in [4.69, 9.17) is 0 Å². The fourth-order valence-electron chi connectivity index (χ4n) is 4.38. The summed E-state index contributed by atoms with van der Waals surface area (Å²) in [5.74, 6) is 1.70. The Morgan fingerprint density at radius 2 is 1.86 bits per heavy atom. The van der Waals surface area contributed by atoms with Crippen molar-refractivity contribution in [2.75, 3.05) is 40.3 Å². The van der Waals surface area contributed by atoms with Crippen LogP contribution in [0.4, 0.5) is 0 Å². The second-order valence-electron chi connectivity index (χ2n) is 8.64. The van der Waals surface area contributed by atoms with Crippen molar-refractivity contribution in [2.24, 2.45) is 17.3 Å². The second-order valence-corrected chi connectivity index (χ2v) is 8.64. The predicted molar refractivity (Wildman–Crippen MR) is 91.7 cm³/mol. The van der Waals surface area contributed by atoms with Gasteiger partial charge in [-0.3, -0.25) is 4.90 Å². The molecule has 2 aliphatic rings. The van der Waals surface area contributed by atoms with Crippen LogP contribution in [-0.2, 0) is 0 Å². The molecule has 4 atom stereocenters. The van der Waals surface area contributed by atoms with Gasteiger partial charge in [-0.2, -0.15) is 0 Å². The van der Waals surface area contributed by atoms with E-state index in [9.17, 15) is 0 Å². The predicted octanol–water partition coefficient (Wildman–Crippen LogP) is 2.67. The lowest BCUT2D eigenvalue weighted by atomic mass is 9.67. The van der Waals surface area contributed by atoms with Crippen LogP contribution in [-0.4, -0.2) is 62.2 Å². The molecule has 0 aromatic carbocycles. The van der Waals surface area contributed by atoms with Gasteiger partial charge in [0.15, 0.2) is 0 Å². The molecule has 2 fully saturated rings. The van der Waals surface area contributed by atoms with Crippen molar-refractivity contribution in [3.05, 3.63) is 0 Å². The summed E-state index contributed by atoms with van der Waals surface area (Å²) in [5, 5.41) is 3.60. The minimum absolute atomic E-state index is 0.463. The van der Waals surface area contributed by atoms with E-state index in [1.165, 1.54) is 45.4 Å².